The van der Waals surface area contributed by atoms with Gasteiger partial charge in [0.25, 0.3) is 11.1 Å². The number of nitrogens with zero attached hydrogens (tertiary/aromatic N) is 1. The fourth-order valence-corrected chi connectivity index (χ4v) is 3.79. The van der Waals surface area contributed by atoms with Crippen molar-refractivity contribution in [2.24, 2.45) is 0 Å². The van der Waals surface area contributed by atoms with Crippen LogP contribution in [0.25, 0.3) is 6.08 Å². The number of hydrogen-bond acceptors (Lipinski definition) is 5. The summed E-state index contributed by atoms with van der Waals surface area (Å²) >= 11 is 4.37. The van der Waals surface area contributed by atoms with Crippen molar-refractivity contribution in [3.63, 3.8) is 0 Å². The quantitative estimate of drug-likeness (QED) is 0.404. The Morgan fingerprint density at radius 2 is 1.86 bits per heavy atom. The summed E-state index contributed by atoms with van der Waals surface area (Å²) in [6.45, 7) is 1.28. The maximum atomic E-state index is 12.6. The first-order valence-electron chi connectivity index (χ1n) is 8.79. The van der Waals surface area contributed by atoms with Gasteiger partial charge in [-0.3, -0.25) is 14.5 Å². The third kappa shape index (κ3) is 5.25. The second-order valence-corrected chi connectivity index (χ2v) is 8.04. The van der Waals surface area contributed by atoms with Gasteiger partial charge in [0.1, 0.15) is 12.4 Å². The molecule has 1 aliphatic rings. The van der Waals surface area contributed by atoms with E-state index in [2.05, 4.69) is 15.9 Å². The van der Waals surface area contributed by atoms with Crippen molar-refractivity contribution in [1.82, 2.24) is 4.90 Å². The number of para-hydroxylation sites is 1. The Kier molecular flexibility index (Phi) is 7.30. The van der Waals surface area contributed by atoms with Gasteiger partial charge in [0.2, 0.25) is 0 Å². The van der Waals surface area contributed by atoms with E-state index in [0.29, 0.717) is 36.8 Å². The first kappa shape index (κ1) is 20.6. The van der Waals surface area contributed by atoms with Crippen LogP contribution in [0.3, 0.4) is 0 Å². The van der Waals surface area contributed by atoms with Crippen molar-refractivity contribution in [2.75, 3.05) is 20.3 Å². The Hall–Kier alpha value is -2.09. The van der Waals surface area contributed by atoms with Crippen LogP contribution in [-0.2, 0) is 16.1 Å². The van der Waals surface area contributed by atoms with Gasteiger partial charge >= 0.3 is 0 Å². The topological polar surface area (TPSA) is 55.8 Å². The van der Waals surface area contributed by atoms with Crippen molar-refractivity contribution in [3.05, 3.63) is 69.0 Å². The smallest absolute Gasteiger partial charge is 0.293 e. The van der Waals surface area contributed by atoms with E-state index in [1.807, 2.05) is 48.5 Å². The van der Waals surface area contributed by atoms with Gasteiger partial charge in [0.15, 0.2) is 0 Å². The number of hydrogen-bond donors (Lipinski definition) is 0. The fraction of sp³-hybridized carbons (Fsp3) is 0.238. The van der Waals surface area contributed by atoms with Crippen LogP contribution in [0.1, 0.15) is 17.5 Å². The zero-order chi connectivity index (χ0) is 19.9. The van der Waals surface area contributed by atoms with Crippen molar-refractivity contribution < 1.29 is 19.1 Å². The van der Waals surface area contributed by atoms with Gasteiger partial charge in [-0.1, -0.05) is 46.3 Å². The SMILES string of the molecule is COCCCN1C(=O)S/C(=C/c2ccccc2OCc2ccc(Br)cc2)C1=O. The fourth-order valence-electron chi connectivity index (χ4n) is 2.67. The van der Waals surface area contributed by atoms with Crippen LogP contribution in [0.4, 0.5) is 4.79 Å². The molecule has 0 aromatic heterocycles. The van der Waals surface area contributed by atoms with E-state index in [0.717, 1.165) is 27.4 Å². The average Bonchev–Trinajstić information content (AvgIpc) is 2.96. The Morgan fingerprint density at radius 1 is 1.11 bits per heavy atom. The molecule has 1 saturated heterocycles. The number of carbonyl (C=O) groups is 2. The molecule has 0 bridgehead atoms. The van der Waals surface area contributed by atoms with Gasteiger partial charge in [0.05, 0.1) is 4.91 Å². The zero-order valence-electron chi connectivity index (χ0n) is 15.4. The molecule has 28 heavy (non-hydrogen) atoms. The summed E-state index contributed by atoms with van der Waals surface area (Å²) in [5.74, 6) is 0.394. The van der Waals surface area contributed by atoms with Crippen molar-refractivity contribution in [2.45, 2.75) is 13.0 Å². The molecule has 1 heterocycles. The molecule has 2 aromatic rings. The molecule has 0 N–H and O–H groups in total. The summed E-state index contributed by atoms with van der Waals surface area (Å²) in [6.07, 6.45) is 2.34. The second kappa shape index (κ2) is 9.91. The molecule has 0 aliphatic carbocycles. The highest BCUT2D eigenvalue weighted by atomic mass is 79.9. The molecule has 146 valence electrons. The molecular weight excluding hydrogens is 442 g/mol. The standard InChI is InChI=1S/C21H20BrNO4S/c1-26-12-4-11-23-20(24)19(28-21(23)25)13-16-5-2-3-6-18(16)27-14-15-7-9-17(22)10-8-15/h2-3,5-10,13H,4,11-12,14H2,1H3/b19-13+. The van der Waals surface area contributed by atoms with E-state index in [-0.39, 0.29) is 11.1 Å². The van der Waals surface area contributed by atoms with E-state index in [1.54, 1.807) is 13.2 Å². The number of benzene rings is 2. The number of imide groups is 1. The summed E-state index contributed by atoms with van der Waals surface area (Å²) in [5, 5.41) is -0.249. The molecule has 1 fully saturated rings. The van der Waals surface area contributed by atoms with Crippen LogP contribution >= 0.6 is 27.7 Å². The predicted octanol–water partition coefficient (Wildman–Crippen LogP) is 5.10. The monoisotopic (exact) mass is 461 g/mol. The highest BCUT2D eigenvalue weighted by molar-refractivity contribution is 9.10. The van der Waals surface area contributed by atoms with Crippen LogP contribution in [0.5, 0.6) is 5.75 Å². The minimum Gasteiger partial charge on any atom is -0.488 e. The van der Waals surface area contributed by atoms with Gasteiger partial charge in [0, 0.05) is 30.3 Å². The van der Waals surface area contributed by atoms with Gasteiger partial charge in [-0.15, -0.1) is 0 Å². The number of rotatable bonds is 8. The van der Waals surface area contributed by atoms with Crippen LogP contribution in [0.2, 0.25) is 0 Å². The molecule has 2 amide bonds. The molecule has 3 rings (SSSR count). The maximum absolute atomic E-state index is 12.6. The van der Waals surface area contributed by atoms with Gasteiger partial charge in [-0.25, -0.2) is 0 Å². The van der Waals surface area contributed by atoms with Gasteiger partial charge < -0.3 is 9.47 Å². The first-order valence-corrected chi connectivity index (χ1v) is 10.4. The number of thioether (sulfide) groups is 1. The molecule has 0 radical (unpaired) electrons. The van der Waals surface area contributed by atoms with E-state index >= 15 is 0 Å². The molecular formula is C21H20BrNO4S. The van der Waals surface area contributed by atoms with Crippen molar-refractivity contribution in [3.8, 4) is 5.75 Å². The third-order valence-corrected chi connectivity index (χ3v) is 5.55. The summed E-state index contributed by atoms with van der Waals surface area (Å²) in [7, 11) is 1.60. The lowest BCUT2D eigenvalue weighted by molar-refractivity contribution is -0.122. The van der Waals surface area contributed by atoms with Crippen molar-refractivity contribution >= 4 is 44.9 Å². The largest absolute Gasteiger partial charge is 0.488 e. The van der Waals surface area contributed by atoms with E-state index in [4.69, 9.17) is 9.47 Å². The van der Waals surface area contributed by atoms with Gasteiger partial charge in [-0.2, -0.15) is 0 Å². The first-order chi connectivity index (χ1) is 13.6. The molecule has 1 aliphatic heterocycles. The number of methoxy groups -OCH3 is 1. The predicted molar refractivity (Wildman–Crippen MR) is 114 cm³/mol. The number of ether oxygens (including phenoxy) is 2. The number of carbonyl (C=O) groups excluding carboxylic acids is 2. The third-order valence-electron chi connectivity index (χ3n) is 4.12. The molecule has 0 spiro atoms. The van der Waals surface area contributed by atoms with Crippen LogP contribution in [-0.4, -0.2) is 36.3 Å². The Morgan fingerprint density at radius 3 is 2.61 bits per heavy atom. The van der Waals surface area contributed by atoms with E-state index in [1.165, 1.54) is 4.90 Å². The average molecular weight is 462 g/mol. The van der Waals surface area contributed by atoms with Crippen LogP contribution in [0, 0.1) is 0 Å². The Balaban J connectivity index is 1.72. The lowest BCUT2D eigenvalue weighted by atomic mass is 10.1. The zero-order valence-corrected chi connectivity index (χ0v) is 17.8. The summed E-state index contributed by atoms with van der Waals surface area (Å²) in [5.41, 5.74) is 1.80. The normalized spacial score (nSPS) is 15.5. The lowest BCUT2D eigenvalue weighted by Crippen LogP contribution is -2.29. The second-order valence-electron chi connectivity index (χ2n) is 6.13. The van der Waals surface area contributed by atoms with Crippen LogP contribution in [0.15, 0.2) is 57.9 Å². The van der Waals surface area contributed by atoms with Gasteiger partial charge in [-0.05, 0) is 48.0 Å². The molecule has 5 nitrogen and oxygen atoms in total. The minimum absolute atomic E-state index is 0.249. The molecule has 0 saturated carbocycles. The Labute approximate surface area is 176 Å². The van der Waals surface area contributed by atoms with Crippen LogP contribution < -0.4 is 4.74 Å². The molecule has 7 heteroatoms. The lowest BCUT2D eigenvalue weighted by Gasteiger charge is -2.11. The maximum Gasteiger partial charge on any atom is 0.293 e. The minimum atomic E-state index is -0.270. The number of halogens is 1. The molecule has 0 unspecified atom stereocenters. The van der Waals surface area contributed by atoms with Crippen molar-refractivity contribution in [1.29, 1.82) is 0 Å². The summed E-state index contributed by atoms with van der Waals surface area (Å²) in [4.78, 5) is 26.4. The van der Waals surface area contributed by atoms with E-state index < -0.39 is 0 Å². The molecule has 2 aromatic carbocycles. The number of amides is 2. The summed E-state index contributed by atoms with van der Waals surface area (Å²) in [6, 6.07) is 15.4. The highest BCUT2D eigenvalue weighted by Gasteiger charge is 2.34. The highest BCUT2D eigenvalue weighted by Crippen LogP contribution is 2.34. The Bertz CT molecular complexity index is 882. The summed E-state index contributed by atoms with van der Waals surface area (Å²) < 4.78 is 11.9. The molecule has 0 atom stereocenters. The van der Waals surface area contributed by atoms with E-state index in [9.17, 15) is 9.59 Å².